The second kappa shape index (κ2) is 7.47. The monoisotopic (exact) mass is 325 g/mol. The summed E-state index contributed by atoms with van der Waals surface area (Å²) in [6, 6.07) is -0.0598. The zero-order valence-electron chi connectivity index (χ0n) is 14.6. The smallest absolute Gasteiger partial charge is 0.237 e. The number of methoxy groups -OCH3 is 1. The molecule has 3 saturated heterocycles. The summed E-state index contributed by atoms with van der Waals surface area (Å²) in [7, 11) is 3.73. The maximum absolute atomic E-state index is 12.7. The Kier molecular flexibility index (Phi) is 5.57. The van der Waals surface area contributed by atoms with Crippen LogP contribution in [0.5, 0.6) is 0 Å². The predicted octanol–water partition coefficient (Wildman–Crippen LogP) is 0.467. The lowest BCUT2D eigenvalue weighted by molar-refractivity contribution is -0.126. The minimum atomic E-state index is -0.0598. The van der Waals surface area contributed by atoms with E-state index in [1.807, 2.05) is 7.05 Å². The molecule has 0 aromatic carbocycles. The van der Waals surface area contributed by atoms with Gasteiger partial charge < -0.3 is 14.8 Å². The van der Waals surface area contributed by atoms with Gasteiger partial charge in [-0.2, -0.15) is 0 Å². The van der Waals surface area contributed by atoms with Crippen LogP contribution in [0.15, 0.2) is 0 Å². The summed E-state index contributed by atoms with van der Waals surface area (Å²) in [4.78, 5) is 17.4. The van der Waals surface area contributed by atoms with Crippen molar-refractivity contribution < 1.29 is 14.3 Å². The fourth-order valence-electron chi connectivity index (χ4n) is 4.35. The van der Waals surface area contributed by atoms with Crippen molar-refractivity contribution in [2.75, 3.05) is 53.6 Å². The summed E-state index contributed by atoms with van der Waals surface area (Å²) >= 11 is 0. The predicted molar refractivity (Wildman–Crippen MR) is 88.4 cm³/mol. The van der Waals surface area contributed by atoms with Gasteiger partial charge >= 0.3 is 0 Å². The Labute approximate surface area is 139 Å². The highest BCUT2D eigenvalue weighted by Gasteiger charge is 2.41. The molecule has 3 rings (SSSR count). The molecule has 0 aliphatic carbocycles. The number of likely N-dealkylation sites (tertiary alicyclic amines) is 2. The number of hydrogen-bond acceptors (Lipinski definition) is 5. The van der Waals surface area contributed by atoms with Gasteiger partial charge in [-0.3, -0.25) is 14.6 Å². The molecular formula is C17H31N3O3. The third kappa shape index (κ3) is 3.71. The van der Waals surface area contributed by atoms with Crippen molar-refractivity contribution in [1.29, 1.82) is 0 Å². The molecule has 0 unspecified atom stereocenters. The maximum Gasteiger partial charge on any atom is 0.237 e. The SMILES string of the molecule is CO[C@H]1C[C@@H](C(=O)NCC2(N3CCCC3)CCOCC2)N(C)C1. The molecular weight excluding hydrogens is 294 g/mol. The molecule has 3 aliphatic heterocycles. The molecule has 1 N–H and O–H groups in total. The lowest BCUT2D eigenvalue weighted by Crippen LogP contribution is -2.58. The molecule has 23 heavy (non-hydrogen) atoms. The second-order valence-electron chi connectivity index (χ2n) is 7.30. The molecule has 2 atom stereocenters. The molecule has 6 nitrogen and oxygen atoms in total. The number of nitrogens with one attached hydrogen (secondary N) is 1. The topological polar surface area (TPSA) is 54.0 Å². The van der Waals surface area contributed by atoms with Crippen LogP contribution >= 0.6 is 0 Å². The van der Waals surface area contributed by atoms with Crippen LogP contribution in [-0.4, -0.2) is 86.9 Å². The summed E-state index contributed by atoms with van der Waals surface area (Å²) in [5, 5.41) is 3.25. The van der Waals surface area contributed by atoms with Crippen molar-refractivity contribution in [2.45, 2.75) is 49.8 Å². The molecule has 6 heteroatoms. The quantitative estimate of drug-likeness (QED) is 0.796. The molecule has 0 bridgehead atoms. The van der Waals surface area contributed by atoms with Crippen LogP contribution in [-0.2, 0) is 14.3 Å². The first-order valence-electron chi connectivity index (χ1n) is 8.98. The van der Waals surface area contributed by atoms with Crippen LogP contribution < -0.4 is 5.32 Å². The maximum atomic E-state index is 12.7. The van der Waals surface area contributed by atoms with E-state index in [1.54, 1.807) is 7.11 Å². The van der Waals surface area contributed by atoms with Crippen LogP contribution in [0.3, 0.4) is 0 Å². The number of carbonyl (C=O) groups is 1. The number of ether oxygens (including phenoxy) is 2. The summed E-state index contributed by atoms with van der Waals surface area (Å²) in [5.41, 5.74) is 0.0994. The average Bonchev–Trinajstić information content (AvgIpc) is 3.23. The standard InChI is InChI=1S/C17H31N3O3/c1-19-12-14(22-2)11-15(19)16(21)18-13-17(5-9-23-10-6-17)20-7-3-4-8-20/h14-15H,3-13H2,1-2H3,(H,18,21)/t14-,15-/m0/s1. The summed E-state index contributed by atoms with van der Waals surface area (Å²) in [5.74, 6) is 0.150. The Bertz CT molecular complexity index is 406. The number of carbonyl (C=O) groups excluding carboxylic acids is 1. The van der Waals surface area contributed by atoms with Gasteiger partial charge in [-0.25, -0.2) is 0 Å². The molecule has 0 aromatic heterocycles. The molecule has 0 saturated carbocycles. The highest BCUT2D eigenvalue weighted by Crippen LogP contribution is 2.31. The van der Waals surface area contributed by atoms with Gasteiger partial charge in [-0.05, 0) is 52.2 Å². The van der Waals surface area contributed by atoms with Gasteiger partial charge in [0.25, 0.3) is 0 Å². The van der Waals surface area contributed by atoms with Crippen LogP contribution in [0.1, 0.15) is 32.1 Å². The normalized spacial score (nSPS) is 32.3. The van der Waals surface area contributed by atoms with E-state index in [2.05, 4.69) is 15.1 Å². The van der Waals surface area contributed by atoms with Gasteiger partial charge in [-0.15, -0.1) is 0 Å². The van der Waals surface area contributed by atoms with Crippen molar-refractivity contribution in [1.82, 2.24) is 15.1 Å². The molecule has 0 spiro atoms. The van der Waals surface area contributed by atoms with E-state index < -0.39 is 0 Å². The van der Waals surface area contributed by atoms with Crippen LogP contribution in [0, 0.1) is 0 Å². The number of likely N-dealkylation sites (N-methyl/N-ethyl adjacent to an activating group) is 1. The molecule has 3 fully saturated rings. The summed E-state index contributed by atoms with van der Waals surface area (Å²) in [6.45, 7) is 5.51. The van der Waals surface area contributed by atoms with Gasteiger partial charge in [-0.1, -0.05) is 0 Å². The third-order valence-corrected chi connectivity index (χ3v) is 5.94. The largest absolute Gasteiger partial charge is 0.381 e. The second-order valence-corrected chi connectivity index (χ2v) is 7.30. The van der Waals surface area contributed by atoms with Gasteiger partial charge in [0.2, 0.25) is 5.91 Å². The minimum Gasteiger partial charge on any atom is -0.381 e. The van der Waals surface area contributed by atoms with Gasteiger partial charge in [0.1, 0.15) is 0 Å². The highest BCUT2D eigenvalue weighted by molar-refractivity contribution is 5.82. The summed E-state index contributed by atoms with van der Waals surface area (Å²) < 4.78 is 11.0. The van der Waals surface area contributed by atoms with E-state index in [1.165, 1.54) is 12.8 Å². The van der Waals surface area contributed by atoms with E-state index in [4.69, 9.17) is 9.47 Å². The van der Waals surface area contributed by atoms with Crippen molar-refractivity contribution in [3.05, 3.63) is 0 Å². The van der Waals surface area contributed by atoms with Gasteiger partial charge in [0.05, 0.1) is 12.1 Å². The molecule has 0 aromatic rings. The summed E-state index contributed by atoms with van der Waals surface area (Å²) in [6.07, 6.45) is 5.56. The van der Waals surface area contributed by atoms with Crippen LogP contribution in [0.4, 0.5) is 0 Å². The minimum absolute atomic E-state index is 0.0598. The first-order chi connectivity index (χ1) is 11.1. The van der Waals surface area contributed by atoms with E-state index >= 15 is 0 Å². The lowest BCUT2D eigenvalue weighted by atomic mass is 9.88. The van der Waals surface area contributed by atoms with Crippen molar-refractivity contribution in [3.63, 3.8) is 0 Å². The van der Waals surface area contributed by atoms with Crippen LogP contribution in [0.2, 0.25) is 0 Å². The Morgan fingerprint density at radius 2 is 2.00 bits per heavy atom. The van der Waals surface area contributed by atoms with E-state index in [0.29, 0.717) is 0 Å². The highest BCUT2D eigenvalue weighted by atomic mass is 16.5. The van der Waals surface area contributed by atoms with Crippen molar-refractivity contribution in [3.8, 4) is 0 Å². The van der Waals surface area contributed by atoms with Crippen LogP contribution in [0.25, 0.3) is 0 Å². The van der Waals surface area contributed by atoms with Gasteiger partial charge in [0.15, 0.2) is 0 Å². The zero-order chi connectivity index (χ0) is 16.3. The Morgan fingerprint density at radius 3 is 2.61 bits per heavy atom. The molecule has 0 radical (unpaired) electrons. The number of amides is 1. The zero-order valence-corrected chi connectivity index (χ0v) is 14.6. The fraction of sp³-hybridized carbons (Fsp3) is 0.941. The fourth-order valence-corrected chi connectivity index (χ4v) is 4.35. The number of nitrogens with zero attached hydrogens (tertiary/aromatic N) is 2. The first-order valence-corrected chi connectivity index (χ1v) is 8.98. The number of hydrogen-bond donors (Lipinski definition) is 1. The Balaban J connectivity index is 1.59. The number of rotatable bonds is 5. The molecule has 132 valence electrons. The van der Waals surface area contributed by atoms with Crippen molar-refractivity contribution >= 4 is 5.91 Å². The first kappa shape index (κ1) is 17.1. The third-order valence-electron chi connectivity index (χ3n) is 5.94. The van der Waals surface area contributed by atoms with E-state index in [-0.39, 0.29) is 23.6 Å². The molecule has 3 heterocycles. The van der Waals surface area contributed by atoms with Crippen molar-refractivity contribution in [2.24, 2.45) is 0 Å². The lowest BCUT2D eigenvalue weighted by Gasteiger charge is -2.45. The van der Waals surface area contributed by atoms with E-state index in [9.17, 15) is 4.79 Å². The molecule has 1 amide bonds. The van der Waals surface area contributed by atoms with E-state index in [0.717, 1.165) is 58.7 Å². The Morgan fingerprint density at radius 1 is 1.30 bits per heavy atom. The molecule has 3 aliphatic rings. The average molecular weight is 325 g/mol. The Hall–Kier alpha value is -0.690. The van der Waals surface area contributed by atoms with Gasteiger partial charge in [0, 0.05) is 39.0 Å².